The molecule has 0 spiro atoms. The maximum atomic E-state index is 9.86. The van der Waals surface area contributed by atoms with Gasteiger partial charge in [-0.05, 0) is 37.3 Å². The van der Waals surface area contributed by atoms with Gasteiger partial charge in [0.2, 0.25) is 0 Å². The van der Waals surface area contributed by atoms with E-state index >= 15 is 0 Å². The van der Waals surface area contributed by atoms with Crippen LogP contribution in [0.5, 0.6) is 0 Å². The second kappa shape index (κ2) is 4.29. The molecule has 0 saturated heterocycles. The highest BCUT2D eigenvalue weighted by molar-refractivity contribution is 5.16. The molecular formula is C12H18N2O. The topological polar surface area (TPSA) is 45.2 Å². The second-order valence-corrected chi connectivity index (χ2v) is 4.55. The van der Waals surface area contributed by atoms with E-state index in [1.807, 2.05) is 19.3 Å². The van der Waals surface area contributed by atoms with Crippen LogP contribution in [0.2, 0.25) is 0 Å². The lowest BCUT2D eigenvalue weighted by Crippen LogP contribution is -2.45. The van der Waals surface area contributed by atoms with Gasteiger partial charge in [-0.15, -0.1) is 0 Å². The highest BCUT2D eigenvalue weighted by atomic mass is 16.3. The van der Waals surface area contributed by atoms with Crippen molar-refractivity contribution in [3.8, 4) is 0 Å². The molecular weight excluding hydrogens is 188 g/mol. The molecule has 0 aliphatic heterocycles. The maximum Gasteiger partial charge on any atom is 0.0771 e. The van der Waals surface area contributed by atoms with Crippen LogP contribution < -0.4 is 5.32 Å². The maximum absolute atomic E-state index is 9.86. The lowest BCUT2D eigenvalue weighted by Gasteiger charge is -2.36. The highest BCUT2D eigenvalue weighted by Gasteiger charge is 2.33. The van der Waals surface area contributed by atoms with Crippen LogP contribution in [-0.4, -0.2) is 22.2 Å². The predicted octanol–water partition coefficient (Wildman–Crippen LogP) is 1.39. The normalized spacial score (nSPS) is 18.5. The molecule has 0 atom stereocenters. The SMILES string of the molecule is Cc1cncc(CNCC2(O)CCC2)c1. The van der Waals surface area contributed by atoms with Crippen molar-refractivity contribution in [2.75, 3.05) is 6.54 Å². The summed E-state index contributed by atoms with van der Waals surface area (Å²) in [5.74, 6) is 0. The van der Waals surface area contributed by atoms with Gasteiger partial charge in [0, 0.05) is 25.5 Å². The van der Waals surface area contributed by atoms with Gasteiger partial charge in [0.15, 0.2) is 0 Å². The molecule has 0 unspecified atom stereocenters. The molecule has 1 saturated carbocycles. The standard InChI is InChI=1S/C12H18N2O/c1-10-5-11(7-13-6-10)8-14-9-12(15)3-2-4-12/h5-7,14-15H,2-4,8-9H2,1H3. The van der Waals surface area contributed by atoms with Crippen molar-refractivity contribution < 1.29 is 5.11 Å². The van der Waals surface area contributed by atoms with Gasteiger partial charge in [0.05, 0.1) is 5.60 Å². The Hall–Kier alpha value is -0.930. The zero-order valence-electron chi connectivity index (χ0n) is 9.16. The number of hydrogen-bond donors (Lipinski definition) is 2. The zero-order chi connectivity index (χ0) is 10.7. The monoisotopic (exact) mass is 206 g/mol. The van der Waals surface area contributed by atoms with Gasteiger partial charge in [-0.2, -0.15) is 0 Å². The van der Waals surface area contributed by atoms with Crippen LogP contribution in [-0.2, 0) is 6.54 Å². The van der Waals surface area contributed by atoms with Crippen LogP contribution >= 0.6 is 0 Å². The first-order chi connectivity index (χ1) is 7.18. The van der Waals surface area contributed by atoms with Gasteiger partial charge in [-0.25, -0.2) is 0 Å². The molecule has 1 heterocycles. The molecule has 2 N–H and O–H groups in total. The third-order valence-corrected chi connectivity index (χ3v) is 3.00. The predicted molar refractivity (Wildman–Crippen MR) is 59.5 cm³/mol. The Morgan fingerprint density at radius 3 is 2.87 bits per heavy atom. The fraction of sp³-hybridized carbons (Fsp3) is 0.583. The Labute approximate surface area is 90.5 Å². The molecule has 0 bridgehead atoms. The number of aliphatic hydroxyl groups is 1. The van der Waals surface area contributed by atoms with E-state index in [1.54, 1.807) is 0 Å². The first-order valence-electron chi connectivity index (χ1n) is 5.52. The third-order valence-electron chi connectivity index (χ3n) is 3.00. The smallest absolute Gasteiger partial charge is 0.0771 e. The van der Waals surface area contributed by atoms with Crippen molar-refractivity contribution in [3.05, 3.63) is 29.6 Å². The number of aryl methyl sites for hydroxylation is 1. The second-order valence-electron chi connectivity index (χ2n) is 4.55. The number of nitrogens with zero attached hydrogens (tertiary/aromatic N) is 1. The summed E-state index contributed by atoms with van der Waals surface area (Å²) < 4.78 is 0. The van der Waals surface area contributed by atoms with Gasteiger partial charge in [-0.1, -0.05) is 6.07 Å². The summed E-state index contributed by atoms with van der Waals surface area (Å²) in [4.78, 5) is 4.13. The minimum absolute atomic E-state index is 0.433. The van der Waals surface area contributed by atoms with Gasteiger partial charge >= 0.3 is 0 Å². The van der Waals surface area contributed by atoms with Crippen molar-refractivity contribution in [1.29, 1.82) is 0 Å². The van der Waals surface area contributed by atoms with E-state index < -0.39 is 5.60 Å². The average molecular weight is 206 g/mol. The van der Waals surface area contributed by atoms with Crippen LogP contribution in [0.15, 0.2) is 18.5 Å². The molecule has 2 rings (SSSR count). The summed E-state index contributed by atoms with van der Waals surface area (Å²) in [6.45, 7) is 3.52. The molecule has 1 fully saturated rings. The number of pyridine rings is 1. The molecule has 0 aromatic carbocycles. The molecule has 0 radical (unpaired) electrons. The molecule has 82 valence electrons. The largest absolute Gasteiger partial charge is 0.389 e. The van der Waals surface area contributed by atoms with E-state index in [9.17, 15) is 5.11 Å². The molecule has 0 amide bonds. The van der Waals surface area contributed by atoms with Gasteiger partial charge in [0.1, 0.15) is 0 Å². The molecule has 1 aromatic heterocycles. The van der Waals surface area contributed by atoms with Crippen molar-refractivity contribution in [2.24, 2.45) is 0 Å². The average Bonchev–Trinajstić information content (AvgIpc) is 2.15. The first kappa shape index (κ1) is 10.6. The van der Waals surface area contributed by atoms with Crippen molar-refractivity contribution in [1.82, 2.24) is 10.3 Å². The molecule has 1 aliphatic carbocycles. The van der Waals surface area contributed by atoms with Gasteiger partial charge < -0.3 is 10.4 Å². The van der Waals surface area contributed by atoms with Crippen LogP contribution in [0.1, 0.15) is 30.4 Å². The molecule has 3 nitrogen and oxygen atoms in total. The Balaban J connectivity index is 1.78. The molecule has 1 aliphatic rings. The van der Waals surface area contributed by atoms with E-state index in [0.29, 0.717) is 6.54 Å². The summed E-state index contributed by atoms with van der Waals surface area (Å²) in [7, 11) is 0. The fourth-order valence-electron chi connectivity index (χ4n) is 1.92. The van der Waals surface area contributed by atoms with Crippen molar-refractivity contribution in [2.45, 2.75) is 38.3 Å². The zero-order valence-corrected chi connectivity index (χ0v) is 9.16. The summed E-state index contributed by atoms with van der Waals surface area (Å²) in [6.07, 6.45) is 6.75. The van der Waals surface area contributed by atoms with Crippen LogP contribution in [0.3, 0.4) is 0 Å². The first-order valence-corrected chi connectivity index (χ1v) is 5.52. The summed E-state index contributed by atoms with van der Waals surface area (Å²) in [5, 5.41) is 13.1. The molecule has 15 heavy (non-hydrogen) atoms. The number of aromatic nitrogens is 1. The van der Waals surface area contributed by atoms with E-state index in [4.69, 9.17) is 0 Å². The summed E-state index contributed by atoms with van der Waals surface area (Å²) in [6, 6.07) is 2.12. The summed E-state index contributed by atoms with van der Waals surface area (Å²) in [5.41, 5.74) is 1.92. The Bertz CT molecular complexity index is 334. The summed E-state index contributed by atoms with van der Waals surface area (Å²) >= 11 is 0. The van der Waals surface area contributed by atoms with E-state index in [0.717, 1.165) is 25.8 Å². The quantitative estimate of drug-likeness (QED) is 0.782. The minimum atomic E-state index is -0.433. The Kier molecular flexibility index (Phi) is 3.03. The van der Waals surface area contributed by atoms with Crippen LogP contribution in [0.4, 0.5) is 0 Å². The lowest BCUT2D eigenvalue weighted by atomic mass is 9.80. The van der Waals surface area contributed by atoms with Crippen molar-refractivity contribution in [3.63, 3.8) is 0 Å². The number of nitrogens with one attached hydrogen (secondary N) is 1. The van der Waals surface area contributed by atoms with E-state index in [1.165, 1.54) is 11.1 Å². The fourth-order valence-corrected chi connectivity index (χ4v) is 1.92. The van der Waals surface area contributed by atoms with E-state index in [-0.39, 0.29) is 0 Å². The van der Waals surface area contributed by atoms with Crippen LogP contribution in [0, 0.1) is 6.92 Å². The van der Waals surface area contributed by atoms with Crippen molar-refractivity contribution >= 4 is 0 Å². The lowest BCUT2D eigenvalue weighted by molar-refractivity contribution is -0.0314. The Morgan fingerprint density at radius 1 is 1.47 bits per heavy atom. The molecule has 1 aromatic rings. The van der Waals surface area contributed by atoms with Crippen LogP contribution in [0.25, 0.3) is 0 Å². The number of hydrogen-bond acceptors (Lipinski definition) is 3. The van der Waals surface area contributed by atoms with Gasteiger partial charge in [-0.3, -0.25) is 4.98 Å². The third kappa shape index (κ3) is 2.76. The highest BCUT2D eigenvalue weighted by Crippen LogP contribution is 2.30. The van der Waals surface area contributed by atoms with E-state index in [2.05, 4.69) is 16.4 Å². The minimum Gasteiger partial charge on any atom is -0.389 e. The number of rotatable bonds is 4. The Morgan fingerprint density at radius 2 is 2.27 bits per heavy atom. The molecule has 3 heteroatoms. The van der Waals surface area contributed by atoms with Gasteiger partial charge in [0.25, 0.3) is 0 Å².